The summed E-state index contributed by atoms with van der Waals surface area (Å²) in [6.07, 6.45) is 2.03. The van der Waals surface area contributed by atoms with E-state index in [1.165, 1.54) is 0 Å². The number of aromatic nitrogens is 1. The molecule has 0 saturated heterocycles. The summed E-state index contributed by atoms with van der Waals surface area (Å²) in [7, 11) is 3.72. The number of nitrogens with zero attached hydrogens (tertiary/aromatic N) is 1. The molecule has 1 radical (unpaired) electrons. The Labute approximate surface area is 156 Å². The molecule has 0 aliphatic heterocycles. The summed E-state index contributed by atoms with van der Waals surface area (Å²) in [5, 5.41) is 0. The average Bonchev–Trinajstić information content (AvgIpc) is 2.55. The molecule has 2 nitrogen and oxygen atoms in total. The first kappa shape index (κ1) is 16.9. The maximum atomic E-state index is 5.57. The second-order valence-corrected chi connectivity index (χ2v) is 4.77. The summed E-state index contributed by atoms with van der Waals surface area (Å²) >= 11 is 0. The van der Waals surface area contributed by atoms with Crippen LogP contribution in [0, 0.1) is 12.1 Å². The maximum Gasteiger partial charge on any atom is 0.168 e. The zero-order chi connectivity index (χ0) is 14.7. The third kappa shape index (κ3) is 3.29. The van der Waals surface area contributed by atoms with Crippen LogP contribution in [-0.4, -0.2) is 7.11 Å². The minimum absolute atomic E-state index is 0. The number of benzene rings is 2. The van der Waals surface area contributed by atoms with Gasteiger partial charge < -0.3 is 4.74 Å². The number of aryl methyl sites for hydroxylation is 1. The van der Waals surface area contributed by atoms with Crippen molar-refractivity contribution in [1.82, 2.24) is 0 Å². The normalized spacial score (nSPS) is 9.91. The minimum atomic E-state index is 0. The molecule has 0 aliphatic carbocycles. The van der Waals surface area contributed by atoms with Crippen molar-refractivity contribution < 1.29 is 42.0 Å². The minimum Gasteiger partial charge on any atom is -0.516 e. The second-order valence-electron chi connectivity index (χ2n) is 4.77. The Balaban J connectivity index is 0.00000176. The first-order chi connectivity index (χ1) is 10.3. The molecule has 107 valence electrons. The maximum absolute atomic E-state index is 5.57. The smallest absolute Gasteiger partial charge is 0.168 e. The number of methoxy groups -OCH3 is 1. The van der Waals surface area contributed by atoms with E-state index in [2.05, 4.69) is 22.8 Å². The van der Waals surface area contributed by atoms with Gasteiger partial charge in [0.15, 0.2) is 11.9 Å². The second kappa shape index (κ2) is 7.66. The van der Waals surface area contributed by atoms with Crippen molar-refractivity contribution in [2.45, 2.75) is 0 Å². The molecule has 22 heavy (non-hydrogen) atoms. The summed E-state index contributed by atoms with van der Waals surface area (Å²) in [4.78, 5) is 0. The molecule has 0 N–H and O–H groups in total. The van der Waals surface area contributed by atoms with Crippen LogP contribution < -0.4 is 9.30 Å². The first-order valence-electron chi connectivity index (χ1n) is 6.82. The number of ether oxygens (including phenoxy) is 1. The van der Waals surface area contributed by atoms with E-state index in [0.29, 0.717) is 0 Å². The van der Waals surface area contributed by atoms with Crippen LogP contribution in [0.4, 0.5) is 0 Å². The van der Waals surface area contributed by atoms with Crippen molar-refractivity contribution in [2.24, 2.45) is 7.05 Å². The molecule has 0 spiro atoms. The average molecular weight is 363 g/mol. The van der Waals surface area contributed by atoms with E-state index in [0.717, 1.165) is 28.1 Å². The van der Waals surface area contributed by atoms with Crippen LogP contribution in [-0.2, 0) is 39.8 Å². The predicted octanol–water partition coefficient (Wildman–Crippen LogP) is 3.45. The van der Waals surface area contributed by atoms with Crippen LogP contribution in [0.5, 0.6) is 5.75 Å². The summed E-state index contributed by atoms with van der Waals surface area (Å²) < 4.78 is 7.65. The van der Waals surface area contributed by atoms with Gasteiger partial charge in [-0.15, -0.1) is 12.1 Å². The number of hydrogen-bond acceptors (Lipinski definition) is 1. The molecule has 3 heteroatoms. The summed E-state index contributed by atoms with van der Waals surface area (Å²) in [5.41, 5.74) is 4.12. The third-order valence-electron chi connectivity index (χ3n) is 3.47. The van der Waals surface area contributed by atoms with E-state index < -0.39 is 0 Å². The largest absolute Gasteiger partial charge is 0.516 e. The van der Waals surface area contributed by atoms with Gasteiger partial charge in [-0.25, -0.2) is 15.7 Å². The van der Waals surface area contributed by atoms with Crippen molar-refractivity contribution in [1.29, 1.82) is 0 Å². The van der Waals surface area contributed by atoms with Crippen molar-refractivity contribution in [2.75, 3.05) is 7.11 Å². The molecule has 3 rings (SSSR count). The first-order valence-corrected chi connectivity index (χ1v) is 6.82. The predicted molar refractivity (Wildman–Crippen MR) is 82.7 cm³/mol. The molecule has 0 saturated carbocycles. The van der Waals surface area contributed by atoms with Crippen LogP contribution in [0.15, 0.2) is 60.8 Å². The van der Waals surface area contributed by atoms with Gasteiger partial charge in [0.05, 0.1) is 7.11 Å². The Hall–Kier alpha value is -1.51. The van der Waals surface area contributed by atoms with Gasteiger partial charge in [0.2, 0.25) is 0 Å². The van der Waals surface area contributed by atoms with Gasteiger partial charge in [-0.2, -0.15) is 36.4 Å². The summed E-state index contributed by atoms with van der Waals surface area (Å²) in [5.74, 6) is 0.836. The molecule has 1 heterocycles. The van der Waals surface area contributed by atoms with Gasteiger partial charge >= 0.3 is 0 Å². The van der Waals surface area contributed by atoms with Crippen LogP contribution in [0.1, 0.15) is 0 Å². The standard InChI is InChI=1S/C19H16NO.Y/c1-20-14-7-6-12-17(20)19-16(11-8-13-18(19)21-2)15-9-4-3-5-10-15;/h3-9,12-14H,1-2H3;/q-1;. The molecule has 0 amide bonds. The number of hydrogen-bond donors (Lipinski definition) is 0. The van der Waals surface area contributed by atoms with E-state index in [-0.39, 0.29) is 32.7 Å². The van der Waals surface area contributed by atoms with Gasteiger partial charge in [-0.3, -0.25) is 0 Å². The SMILES string of the molecule is COc1cc[c-]c(-c2[c-]cccc2)c1-c1cccc[n+]1C.[Y]. The fourth-order valence-electron chi connectivity index (χ4n) is 2.45. The van der Waals surface area contributed by atoms with Gasteiger partial charge in [0.1, 0.15) is 7.05 Å². The van der Waals surface area contributed by atoms with E-state index in [9.17, 15) is 0 Å². The third-order valence-corrected chi connectivity index (χ3v) is 3.47. The van der Waals surface area contributed by atoms with Crippen molar-refractivity contribution in [3.63, 3.8) is 0 Å². The van der Waals surface area contributed by atoms with Crippen LogP contribution in [0.3, 0.4) is 0 Å². The van der Waals surface area contributed by atoms with Crippen LogP contribution in [0.25, 0.3) is 22.4 Å². The zero-order valence-electron chi connectivity index (χ0n) is 12.7. The van der Waals surface area contributed by atoms with Gasteiger partial charge in [0, 0.05) is 44.5 Å². The molecular weight excluding hydrogens is 347 g/mol. The molecule has 0 atom stereocenters. The summed E-state index contributed by atoms with van der Waals surface area (Å²) in [6, 6.07) is 24.5. The van der Waals surface area contributed by atoms with Gasteiger partial charge in [0.25, 0.3) is 0 Å². The number of rotatable bonds is 3. The topological polar surface area (TPSA) is 13.1 Å². The fourth-order valence-corrected chi connectivity index (χ4v) is 2.45. The monoisotopic (exact) mass is 363 g/mol. The molecule has 3 aromatic rings. The molecule has 2 aromatic carbocycles. The Morgan fingerprint density at radius 3 is 2.45 bits per heavy atom. The molecule has 0 bridgehead atoms. The Morgan fingerprint density at radius 1 is 0.955 bits per heavy atom. The van der Waals surface area contributed by atoms with E-state index in [4.69, 9.17) is 4.74 Å². The molecule has 1 aromatic heterocycles. The quantitative estimate of drug-likeness (QED) is 0.513. The molecule has 0 fully saturated rings. The van der Waals surface area contributed by atoms with E-state index in [1.54, 1.807) is 7.11 Å². The Kier molecular flexibility index (Phi) is 5.87. The Bertz CT molecular complexity index is 756. The van der Waals surface area contributed by atoms with E-state index >= 15 is 0 Å². The zero-order valence-corrected chi connectivity index (χ0v) is 15.5. The van der Waals surface area contributed by atoms with Crippen molar-refractivity contribution >= 4 is 0 Å². The van der Waals surface area contributed by atoms with Crippen LogP contribution >= 0.6 is 0 Å². The van der Waals surface area contributed by atoms with Gasteiger partial charge in [-0.1, -0.05) is 6.07 Å². The molecular formula is C19H16NOY-. The van der Waals surface area contributed by atoms with E-state index in [1.807, 2.05) is 61.8 Å². The molecule has 0 unspecified atom stereocenters. The Morgan fingerprint density at radius 2 is 1.77 bits per heavy atom. The van der Waals surface area contributed by atoms with Crippen molar-refractivity contribution in [3.05, 3.63) is 72.9 Å². The van der Waals surface area contributed by atoms with Crippen LogP contribution in [0.2, 0.25) is 0 Å². The number of pyridine rings is 1. The van der Waals surface area contributed by atoms with Gasteiger partial charge in [-0.05, 0) is 11.6 Å². The molecule has 0 aliphatic rings. The summed E-state index contributed by atoms with van der Waals surface area (Å²) in [6.45, 7) is 0. The van der Waals surface area contributed by atoms with Crippen molar-refractivity contribution in [3.8, 4) is 28.1 Å². The fraction of sp³-hybridized carbons (Fsp3) is 0.105.